The van der Waals surface area contributed by atoms with E-state index >= 15 is 0 Å². The van der Waals surface area contributed by atoms with Crippen molar-refractivity contribution < 1.29 is 33.6 Å². The molecule has 6 bridgehead atoms. The maximum atomic E-state index is 11.7. The van der Waals surface area contributed by atoms with Crippen molar-refractivity contribution in [1.82, 2.24) is 4.90 Å². The first-order chi connectivity index (χ1) is 21.7. The van der Waals surface area contributed by atoms with E-state index in [-0.39, 0.29) is 23.6 Å². The second kappa shape index (κ2) is 11.2. The van der Waals surface area contributed by atoms with E-state index < -0.39 is 0 Å². The molecule has 4 aromatic carbocycles. The minimum atomic E-state index is -0.130. The number of hydrogen-bond acceptors (Lipinski definition) is 7. The third kappa shape index (κ3) is 5.12. The molecule has 0 spiro atoms. The molecule has 8 heteroatoms. The van der Waals surface area contributed by atoms with Crippen molar-refractivity contribution in [1.29, 1.82) is 0 Å². The molecule has 2 atom stereocenters. The number of quaternary nitrogens is 1. The minimum absolute atomic E-state index is 0.0233. The van der Waals surface area contributed by atoms with Crippen molar-refractivity contribution in [2.45, 2.75) is 37.8 Å². The molecule has 0 fully saturated rings. The van der Waals surface area contributed by atoms with Crippen LogP contribution in [0.1, 0.15) is 45.5 Å². The first kappa shape index (κ1) is 29.3. The van der Waals surface area contributed by atoms with E-state index in [9.17, 15) is 10.2 Å². The lowest BCUT2D eigenvalue weighted by molar-refractivity contribution is -0.923. The number of benzene rings is 4. The van der Waals surface area contributed by atoms with Crippen LogP contribution in [0.4, 0.5) is 0 Å². The summed E-state index contributed by atoms with van der Waals surface area (Å²) in [6, 6.07) is 19.9. The topological polar surface area (TPSA) is 80.6 Å². The normalized spacial score (nSPS) is 20.2. The second-order valence-corrected chi connectivity index (χ2v) is 13.1. The smallest absolute Gasteiger partial charge is 0.201 e. The molecule has 1 unspecified atom stereocenters. The molecule has 0 saturated heterocycles. The van der Waals surface area contributed by atoms with Gasteiger partial charge in [0.05, 0.1) is 40.4 Å². The zero-order chi connectivity index (χ0) is 31.5. The number of phenolic OH excluding ortho intramolecular Hbond substituents is 2. The molecule has 45 heavy (non-hydrogen) atoms. The van der Waals surface area contributed by atoms with Crippen LogP contribution in [0.3, 0.4) is 0 Å². The van der Waals surface area contributed by atoms with Crippen LogP contribution in [0.15, 0.2) is 60.7 Å². The molecule has 4 aliphatic heterocycles. The molecular formula is C37H41N2O6+. The third-order valence-corrected chi connectivity index (χ3v) is 10.0. The van der Waals surface area contributed by atoms with Crippen molar-refractivity contribution in [3.63, 3.8) is 0 Å². The highest BCUT2D eigenvalue weighted by atomic mass is 16.5. The van der Waals surface area contributed by atoms with Gasteiger partial charge in [0.2, 0.25) is 5.75 Å². The zero-order valence-corrected chi connectivity index (χ0v) is 26.6. The highest BCUT2D eigenvalue weighted by Crippen LogP contribution is 2.52. The largest absolute Gasteiger partial charge is 0.504 e. The number of ether oxygens (including phenoxy) is 4. The van der Waals surface area contributed by atoms with Crippen molar-refractivity contribution in [3.05, 3.63) is 94.0 Å². The fourth-order valence-corrected chi connectivity index (χ4v) is 7.30. The fraction of sp³-hybridized carbons (Fsp3) is 0.351. The van der Waals surface area contributed by atoms with Crippen molar-refractivity contribution >= 4 is 0 Å². The van der Waals surface area contributed by atoms with Crippen molar-refractivity contribution in [2.75, 3.05) is 48.5 Å². The van der Waals surface area contributed by atoms with Crippen LogP contribution in [0, 0.1) is 0 Å². The molecule has 8 rings (SSSR count). The number of likely N-dealkylation sites (N-methyl/N-ethyl adjacent to an activating group) is 2. The second-order valence-electron chi connectivity index (χ2n) is 13.1. The minimum Gasteiger partial charge on any atom is -0.504 e. The molecule has 4 heterocycles. The lowest BCUT2D eigenvalue weighted by atomic mass is 9.85. The van der Waals surface area contributed by atoms with Gasteiger partial charge in [0.1, 0.15) is 11.8 Å². The number of nitrogens with zero attached hydrogens (tertiary/aromatic N) is 2. The Morgan fingerprint density at radius 3 is 2.31 bits per heavy atom. The van der Waals surface area contributed by atoms with Gasteiger partial charge in [0, 0.05) is 31.0 Å². The quantitative estimate of drug-likeness (QED) is 0.245. The predicted molar refractivity (Wildman–Crippen MR) is 172 cm³/mol. The SMILES string of the molecule is COc1cc2c3cc1Oc1cccc(c1O)C[C@@H]1c4c(cc(OC)c(O)c4Oc4ccc(cc4)CC3N(C)CC2)CC[N+]1(C)C. The lowest BCUT2D eigenvalue weighted by Gasteiger charge is -2.43. The van der Waals surface area contributed by atoms with Gasteiger partial charge in [0.15, 0.2) is 34.5 Å². The Hall–Kier alpha value is -4.40. The Labute approximate surface area is 264 Å². The third-order valence-electron chi connectivity index (χ3n) is 10.0. The maximum absolute atomic E-state index is 11.7. The van der Waals surface area contributed by atoms with Gasteiger partial charge in [-0.2, -0.15) is 0 Å². The van der Waals surface area contributed by atoms with E-state index in [0.29, 0.717) is 45.4 Å². The molecule has 8 nitrogen and oxygen atoms in total. The van der Waals surface area contributed by atoms with Crippen LogP contribution < -0.4 is 18.9 Å². The highest BCUT2D eigenvalue weighted by Gasteiger charge is 2.41. The van der Waals surface area contributed by atoms with E-state index in [1.807, 2.05) is 30.3 Å². The van der Waals surface area contributed by atoms with E-state index in [0.717, 1.165) is 49.0 Å². The van der Waals surface area contributed by atoms with Crippen LogP contribution in [0.5, 0.6) is 46.0 Å². The van der Waals surface area contributed by atoms with Gasteiger partial charge in [-0.25, -0.2) is 0 Å². The highest BCUT2D eigenvalue weighted by molar-refractivity contribution is 5.62. The van der Waals surface area contributed by atoms with Crippen LogP contribution in [-0.4, -0.2) is 68.0 Å². The van der Waals surface area contributed by atoms with Crippen LogP contribution in [0.2, 0.25) is 0 Å². The molecule has 4 aliphatic rings. The van der Waals surface area contributed by atoms with E-state index in [2.05, 4.69) is 50.3 Å². The van der Waals surface area contributed by atoms with Crippen molar-refractivity contribution in [3.8, 4) is 46.0 Å². The standard InChI is InChI=1S/C37H40N2O6/c1-38-15-13-23-19-31(42-4)32-21-27(23)28(38)17-22-9-11-26(12-10-22)44-37-34-24(20-33(43-5)36(37)41)14-16-39(2,3)29(34)18-25-7-6-8-30(45-32)35(25)40/h6-12,19-21,28-29H,13-18H2,1-5H3,(H-,40,41)/p+1/t28?,29-/m1/s1. The van der Waals surface area contributed by atoms with Crippen LogP contribution >= 0.6 is 0 Å². The van der Waals surface area contributed by atoms with Crippen LogP contribution in [0.25, 0.3) is 0 Å². The molecule has 0 amide bonds. The molecule has 0 aliphatic carbocycles. The van der Waals surface area contributed by atoms with Crippen LogP contribution in [-0.2, 0) is 25.7 Å². The zero-order valence-electron chi connectivity index (χ0n) is 26.6. The molecule has 0 aromatic heterocycles. The van der Waals surface area contributed by atoms with Gasteiger partial charge in [-0.15, -0.1) is 0 Å². The first-order valence-corrected chi connectivity index (χ1v) is 15.6. The molecule has 2 N–H and O–H groups in total. The average Bonchev–Trinajstić information content (AvgIpc) is 3.03. The van der Waals surface area contributed by atoms with Gasteiger partial charge in [-0.3, -0.25) is 4.90 Å². The van der Waals surface area contributed by atoms with Gasteiger partial charge in [0.25, 0.3) is 0 Å². The number of fused-ring (bicyclic) bond motifs is 2. The summed E-state index contributed by atoms with van der Waals surface area (Å²) in [5, 5.41) is 23.2. The summed E-state index contributed by atoms with van der Waals surface area (Å²) >= 11 is 0. The van der Waals surface area contributed by atoms with E-state index in [1.54, 1.807) is 20.3 Å². The molecular weight excluding hydrogens is 568 g/mol. The summed E-state index contributed by atoms with van der Waals surface area (Å²) < 4.78 is 25.1. The Kier molecular flexibility index (Phi) is 7.29. The summed E-state index contributed by atoms with van der Waals surface area (Å²) in [7, 11) is 9.74. The Bertz CT molecular complexity index is 1770. The van der Waals surface area contributed by atoms with Gasteiger partial charge in [-0.1, -0.05) is 24.3 Å². The van der Waals surface area contributed by atoms with E-state index in [1.165, 1.54) is 16.7 Å². The number of phenols is 2. The van der Waals surface area contributed by atoms with Gasteiger partial charge in [-0.05, 0) is 78.5 Å². The summed E-state index contributed by atoms with van der Waals surface area (Å²) in [6.07, 6.45) is 3.01. The monoisotopic (exact) mass is 609 g/mol. The number of hydrogen-bond donors (Lipinski definition) is 2. The number of methoxy groups -OCH3 is 2. The molecule has 234 valence electrons. The molecule has 4 aromatic rings. The summed E-state index contributed by atoms with van der Waals surface area (Å²) in [4.78, 5) is 2.38. The maximum Gasteiger partial charge on any atom is 0.201 e. The Morgan fingerprint density at radius 1 is 0.800 bits per heavy atom. The van der Waals surface area contributed by atoms with Gasteiger partial charge >= 0.3 is 0 Å². The Balaban J connectivity index is 1.44. The van der Waals surface area contributed by atoms with E-state index in [4.69, 9.17) is 18.9 Å². The van der Waals surface area contributed by atoms with Gasteiger partial charge < -0.3 is 33.6 Å². The first-order valence-electron chi connectivity index (χ1n) is 15.6. The number of rotatable bonds is 2. The summed E-state index contributed by atoms with van der Waals surface area (Å²) in [6.45, 7) is 1.81. The fourth-order valence-electron chi connectivity index (χ4n) is 7.30. The Morgan fingerprint density at radius 2 is 1.56 bits per heavy atom. The molecule has 0 saturated carbocycles. The number of para-hydroxylation sites is 1. The number of aromatic hydroxyl groups is 2. The summed E-state index contributed by atoms with van der Waals surface area (Å²) in [5.74, 6) is 3.09. The lowest BCUT2D eigenvalue weighted by Crippen LogP contribution is -2.48. The predicted octanol–water partition coefficient (Wildman–Crippen LogP) is 6.70. The average molecular weight is 610 g/mol. The van der Waals surface area contributed by atoms with Crippen molar-refractivity contribution in [2.24, 2.45) is 0 Å². The summed E-state index contributed by atoms with van der Waals surface area (Å²) in [5.41, 5.74) is 6.34. The molecule has 0 radical (unpaired) electrons.